The average Bonchev–Trinajstić information content (AvgIpc) is 2.78. The molecule has 0 amide bonds. The van der Waals surface area contributed by atoms with E-state index in [2.05, 4.69) is 10.3 Å². The highest BCUT2D eigenvalue weighted by atomic mass is 32.2. The van der Waals surface area contributed by atoms with E-state index in [4.69, 9.17) is 5.73 Å². The molecule has 1 aromatic heterocycles. The normalized spacial score (nSPS) is 21.1. The van der Waals surface area contributed by atoms with Crippen molar-refractivity contribution in [2.75, 3.05) is 29.1 Å². The SMILES string of the molecule is Nc1ccc(NCC2CCS(=O)(=O)C2)c2ncccc12. The van der Waals surface area contributed by atoms with Crippen molar-refractivity contribution in [2.45, 2.75) is 6.42 Å². The summed E-state index contributed by atoms with van der Waals surface area (Å²) in [5, 5.41) is 4.23. The van der Waals surface area contributed by atoms with Crippen LogP contribution in [0.2, 0.25) is 0 Å². The second-order valence-corrected chi connectivity index (χ2v) is 7.48. The van der Waals surface area contributed by atoms with Gasteiger partial charge in [0.05, 0.1) is 22.7 Å². The lowest BCUT2D eigenvalue weighted by Gasteiger charge is -2.13. The van der Waals surface area contributed by atoms with Crippen molar-refractivity contribution in [3.63, 3.8) is 0 Å². The van der Waals surface area contributed by atoms with Crippen LogP contribution in [0, 0.1) is 5.92 Å². The van der Waals surface area contributed by atoms with E-state index in [9.17, 15) is 8.42 Å². The van der Waals surface area contributed by atoms with Gasteiger partial charge in [-0.25, -0.2) is 8.42 Å². The number of nitrogen functional groups attached to an aromatic ring is 1. The van der Waals surface area contributed by atoms with Crippen molar-refractivity contribution < 1.29 is 8.42 Å². The maximum absolute atomic E-state index is 11.5. The Morgan fingerprint density at radius 1 is 1.35 bits per heavy atom. The Balaban J connectivity index is 1.80. The molecule has 0 aliphatic carbocycles. The number of anilines is 2. The molecule has 5 nitrogen and oxygen atoms in total. The van der Waals surface area contributed by atoms with Gasteiger partial charge >= 0.3 is 0 Å². The van der Waals surface area contributed by atoms with Gasteiger partial charge in [-0.05, 0) is 36.6 Å². The fourth-order valence-corrected chi connectivity index (χ4v) is 4.49. The van der Waals surface area contributed by atoms with E-state index < -0.39 is 9.84 Å². The van der Waals surface area contributed by atoms with Crippen molar-refractivity contribution in [1.29, 1.82) is 0 Å². The van der Waals surface area contributed by atoms with Gasteiger partial charge in [0, 0.05) is 23.8 Å². The number of benzene rings is 1. The topological polar surface area (TPSA) is 85.1 Å². The molecule has 0 saturated carbocycles. The third-order valence-corrected chi connectivity index (χ3v) is 5.55. The Morgan fingerprint density at radius 3 is 2.95 bits per heavy atom. The lowest BCUT2D eigenvalue weighted by molar-refractivity contribution is 0.596. The molecule has 3 rings (SSSR count). The Bertz CT molecular complexity index is 743. The first-order chi connectivity index (χ1) is 9.55. The van der Waals surface area contributed by atoms with Gasteiger partial charge in [0.2, 0.25) is 0 Å². The zero-order chi connectivity index (χ0) is 14.2. The van der Waals surface area contributed by atoms with Gasteiger partial charge in [-0.15, -0.1) is 0 Å². The number of hydrogen-bond donors (Lipinski definition) is 2. The standard InChI is InChI=1S/C14H17N3O2S/c15-12-3-4-13(14-11(12)2-1-6-16-14)17-8-10-5-7-20(18,19)9-10/h1-4,6,10,17H,5,7-9,15H2. The van der Waals surface area contributed by atoms with Crippen molar-refractivity contribution in [1.82, 2.24) is 4.98 Å². The molecular formula is C14H17N3O2S. The minimum absolute atomic E-state index is 0.177. The summed E-state index contributed by atoms with van der Waals surface area (Å²) >= 11 is 0. The predicted molar refractivity (Wildman–Crippen MR) is 81.4 cm³/mol. The summed E-state index contributed by atoms with van der Waals surface area (Å²) in [5.74, 6) is 0.761. The number of sulfone groups is 1. The third-order valence-electron chi connectivity index (χ3n) is 3.71. The fourth-order valence-electron chi connectivity index (χ4n) is 2.62. The summed E-state index contributed by atoms with van der Waals surface area (Å²) in [5.41, 5.74) is 8.36. The first kappa shape index (κ1) is 13.2. The van der Waals surface area contributed by atoms with Gasteiger partial charge in [0.25, 0.3) is 0 Å². The highest BCUT2D eigenvalue weighted by Gasteiger charge is 2.27. The predicted octanol–water partition coefficient (Wildman–Crippen LogP) is 1.66. The number of fused-ring (bicyclic) bond motifs is 1. The highest BCUT2D eigenvalue weighted by molar-refractivity contribution is 7.91. The molecule has 2 heterocycles. The molecule has 1 atom stereocenters. The van der Waals surface area contributed by atoms with Crippen LogP contribution in [0.3, 0.4) is 0 Å². The number of hydrogen-bond acceptors (Lipinski definition) is 5. The van der Waals surface area contributed by atoms with Gasteiger partial charge in [-0.1, -0.05) is 0 Å². The number of rotatable bonds is 3. The van der Waals surface area contributed by atoms with Gasteiger partial charge in [0.15, 0.2) is 9.84 Å². The smallest absolute Gasteiger partial charge is 0.150 e. The summed E-state index contributed by atoms with van der Waals surface area (Å²) < 4.78 is 22.9. The number of nitrogens with zero attached hydrogens (tertiary/aromatic N) is 1. The minimum Gasteiger partial charge on any atom is -0.398 e. The maximum atomic E-state index is 11.5. The van der Waals surface area contributed by atoms with Crippen LogP contribution >= 0.6 is 0 Å². The number of nitrogens with two attached hydrogens (primary N) is 1. The lowest BCUT2D eigenvalue weighted by atomic mass is 10.1. The highest BCUT2D eigenvalue weighted by Crippen LogP contribution is 2.27. The van der Waals surface area contributed by atoms with Crippen LogP contribution in [-0.4, -0.2) is 31.5 Å². The van der Waals surface area contributed by atoms with Crippen LogP contribution < -0.4 is 11.1 Å². The zero-order valence-electron chi connectivity index (χ0n) is 11.0. The molecule has 0 bridgehead atoms. The largest absolute Gasteiger partial charge is 0.398 e. The van der Waals surface area contributed by atoms with Crippen molar-refractivity contribution in [2.24, 2.45) is 5.92 Å². The lowest BCUT2D eigenvalue weighted by Crippen LogP contribution is -2.16. The van der Waals surface area contributed by atoms with Crippen molar-refractivity contribution in [3.8, 4) is 0 Å². The van der Waals surface area contributed by atoms with Crippen molar-refractivity contribution >= 4 is 32.1 Å². The van der Waals surface area contributed by atoms with Crippen molar-refractivity contribution in [3.05, 3.63) is 30.5 Å². The van der Waals surface area contributed by atoms with E-state index in [1.54, 1.807) is 6.20 Å². The van der Waals surface area contributed by atoms with E-state index in [0.29, 0.717) is 18.0 Å². The first-order valence-electron chi connectivity index (χ1n) is 6.63. The van der Waals surface area contributed by atoms with Crippen LogP contribution in [0.15, 0.2) is 30.5 Å². The molecule has 3 N–H and O–H groups in total. The molecule has 1 aliphatic rings. The van der Waals surface area contributed by atoms with E-state index in [0.717, 1.165) is 23.0 Å². The molecule has 1 saturated heterocycles. The quantitative estimate of drug-likeness (QED) is 0.840. The van der Waals surface area contributed by atoms with Crippen LogP contribution in [0.4, 0.5) is 11.4 Å². The molecular weight excluding hydrogens is 274 g/mol. The number of pyridine rings is 1. The number of nitrogens with one attached hydrogen (secondary N) is 1. The summed E-state index contributed by atoms with van der Waals surface area (Å²) in [6.45, 7) is 0.648. The van der Waals surface area contributed by atoms with Crippen LogP contribution in [0.5, 0.6) is 0 Å². The fraction of sp³-hybridized carbons (Fsp3) is 0.357. The van der Waals surface area contributed by atoms with Crippen LogP contribution in [-0.2, 0) is 9.84 Å². The summed E-state index contributed by atoms with van der Waals surface area (Å²) in [6.07, 6.45) is 2.46. The second-order valence-electron chi connectivity index (χ2n) is 5.25. The van der Waals surface area contributed by atoms with Gasteiger partial charge in [-0.3, -0.25) is 4.98 Å². The molecule has 106 valence electrons. The summed E-state index contributed by atoms with van der Waals surface area (Å²) in [4.78, 5) is 4.36. The average molecular weight is 291 g/mol. The molecule has 1 unspecified atom stereocenters. The van der Waals surface area contributed by atoms with E-state index in [-0.39, 0.29) is 11.7 Å². The minimum atomic E-state index is -2.82. The molecule has 1 aromatic carbocycles. The molecule has 20 heavy (non-hydrogen) atoms. The third kappa shape index (κ3) is 2.56. The Hall–Kier alpha value is -1.82. The molecule has 1 fully saturated rings. The summed E-state index contributed by atoms with van der Waals surface area (Å²) in [7, 11) is -2.82. The van der Waals surface area contributed by atoms with E-state index >= 15 is 0 Å². The summed E-state index contributed by atoms with van der Waals surface area (Å²) in [6, 6.07) is 7.53. The Kier molecular flexibility index (Phi) is 3.25. The Morgan fingerprint density at radius 2 is 2.20 bits per heavy atom. The second kappa shape index (κ2) is 4.94. The molecule has 0 spiro atoms. The monoisotopic (exact) mass is 291 g/mol. The maximum Gasteiger partial charge on any atom is 0.150 e. The molecule has 1 aliphatic heterocycles. The number of aromatic nitrogens is 1. The van der Waals surface area contributed by atoms with E-state index in [1.807, 2.05) is 24.3 Å². The Labute approximate surface area is 118 Å². The first-order valence-corrected chi connectivity index (χ1v) is 8.45. The molecule has 6 heteroatoms. The van der Waals surface area contributed by atoms with E-state index in [1.165, 1.54) is 0 Å². The van der Waals surface area contributed by atoms with Gasteiger partial charge in [-0.2, -0.15) is 0 Å². The zero-order valence-corrected chi connectivity index (χ0v) is 11.9. The van der Waals surface area contributed by atoms with Crippen LogP contribution in [0.1, 0.15) is 6.42 Å². The van der Waals surface area contributed by atoms with Gasteiger partial charge < -0.3 is 11.1 Å². The molecule has 2 aromatic rings. The van der Waals surface area contributed by atoms with Crippen LogP contribution in [0.25, 0.3) is 10.9 Å². The molecule has 0 radical (unpaired) electrons. The van der Waals surface area contributed by atoms with Gasteiger partial charge in [0.1, 0.15) is 0 Å².